The van der Waals surface area contributed by atoms with Crippen molar-refractivity contribution >= 4 is 0 Å². The van der Waals surface area contributed by atoms with E-state index >= 15 is 0 Å². The first-order valence-electron chi connectivity index (χ1n) is 4.82. The van der Waals surface area contributed by atoms with E-state index in [-0.39, 0.29) is 5.41 Å². The Morgan fingerprint density at radius 3 is 1.92 bits per heavy atom. The van der Waals surface area contributed by atoms with Crippen LogP contribution in [0.2, 0.25) is 0 Å². The van der Waals surface area contributed by atoms with Gasteiger partial charge in [-0.1, -0.05) is 32.9 Å². The van der Waals surface area contributed by atoms with Gasteiger partial charge in [-0.2, -0.15) is 0 Å². The first-order chi connectivity index (χ1) is 5.66. The third-order valence-electron chi connectivity index (χ3n) is 3.03. The quantitative estimate of drug-likeness (QED) is 0.564. The maximum absolute atomic E-state index is 10.2. The van der Waals surface area contributed by atoms with Gasteiger partial charge in [0, 0.05) is 0 Å². The van der Waals surface area contributed by atoms with Crippen molar-refractivity contribution in [1.29, 1.82) is 0 Å². The topological polar surface area (TPSA) is 40.5 Å². The molecule has 2 nitrogen and oxygen atoms in total. The molecular weight excluding hydrogens is 164 g/mol. The molecule has 0 radical (unpaired) electrons. The van der Waals surface area contributed by atoms with Gasteiger partial charge in [0.1, 0.15) is 0 Å². The van der Waals surface area contributed by atoms with Crippen LogP contribution in [-0.2, 0) is 0 Å². The summed E-state index contributed by atoms with van der Waals surface area (Å²) in [5.41, 5.74) is -1.67. The average molecular weight is 184 g/mol. The molecule has 0 spiro atoms. The summed E-state index contributed by atoms with van der Waals surface area (Å²) in [6.07, 6.45) is 4.70. The van der Waals surface area contributed by atoms with Crippen molar-refractivity contribution in [3.05, 3.63) is 12.2 Å². The lowest BCUT2D eigenvalue weighted by Crippen LogP contribution is -2.45. The molecule has 0 aromatic carbocycles. The second-order valence-electron chi connectivity index (χ2n) is 5.36. The van der Waals surface area contributed by atoms with Gasteiger partial charge in [0.25, 0.3) is 0 Å². The molecule has 76 valence electrons. The lowest BCUT2D eigenvalue weighted by molar-refractivity contribution is -0.0489. The van der Waals surface area contributed by atoms with Crippen molar-refractivity contribution < 1.29 is 10.2 Å². The molecule has 0 saturated carbocycles. The van der Waals surface area contributed by atoms with Crippen molar-refractivity contribution in [1.82, 2.24) is 0 Å². The largest absolute Gasteiger partial charge is 0.386 e. The monoisotopic (exact) mass is 184 g/mol. The highest BCUT2D eigenvalue weighted by Crippen LogP contribution is 2.40. The van der Waals surface area contributed by atoms with Gasteiger partial charge in [0.15, 0.2) is 0 Å². The van der Waals surface area contributed by atoms with Gasteiger partial charge in [0.05, 0.1) is 11.2 Å². The predicted octanol–water partition coefficient (Wildman–Crippen LogP) is 1.86. The van der Waals surface area contributed by atoms with E-state index in [1.165, 1.54) is 0 Å². The standard InChI is InChI=1S/C11H20O2/c1-9(2,3)11(13)7-5-10(4,12)6-8-11/h5,7,12-13H,6,8H2,1-4H3. The summed E-state index contributed by atoms with van der Waals surface area (Å²) in [6.45, 7) is 7.80. The molecule has 0 bridgehead atoms. The highest BCUT2D eigenvalue weighted by atomic mass is 16.3. The molecule has 0 heterocycles. The second-order valence-corrected chi connectivity index (χ2v) is 5.36. The van der Waals surface area contributed by atoms with Crippen LogP contribution in [0.4, 0.5) is 0 Å². The molecule has 0 aromatic heterocycles. The Kier molecular flexibility index (Phi) is 2.33. The molecule has 0 fully saturated rings. The zero-order valence-corrected chi connectivity index (χ0v) is 8.96. The van der Waals surface area contributed by atoms with Gasteiger partial charge in [-0.15, -0.1) is 0 Å². The molecule has 2 atom stereocenters. The Morgan fingerprint density at radius 1 is 1.08 bits per heavy atom. The molecule has 2 unspecified atom stereocenters. The molecule has 1 aliphatic carbocycles. The fraction of sp³-hybridized carbons (Fsp3) is 0.818. The van der Waals surface area contributed by atoms with Crippen LogP contribution in [0.25, 0.3) is 0 Å². The average Bonchev–Trinajstić information content (AvgIpc) is 1.94. The maximum atomic E-state index is 10.2. The molecule has 0 aromatic rings. The van der Waals surface area contributed by atoms with E-state index in [1.807, 2.05) is 20.8 Å². The first-order valence-corrected chi connectivity index (χ1v) is 4.82. The van der Waals surface area contributed by atoms with Gasteiger partial charge < -0.3 is 10.2 Å². The van der Waals surface area contributed by atoms with E-state index < -0.39 is 11.2 Å². The SMILES string of the molecule is CC1(O)C=CC(O)(C(C)(C)C)CC1. The van der Waals surface area contributed by atoms with Crippen LogP contribution >= 0.6 is 0 Å². The summed E-state index contributed by atoms with van der Waals surface area (Å²) in [6, 6.07) is 0. The smallest absolute Gasteiger partial charge is 0.0877 e. The molecule has 1 rings (SSSR count). The fourth-order valence-corrected chi connectivity index (χ4v) is 1.55. The Labute approximate surface area is 80.3 Å². The van der Waals surface area contributed by atoms with Gasteiger partial charge in [-0.05, 0) is 25.2 Å². The van der Waals surface area contributed by atoms with E-state index in [4.69, 9.17) is 0 Å². The highest BCUT2D eigenvalue weighted by Gasteiger charge is 2.41. The Bertz CT molecular complexity index is 223. The Balaban J connectivity index is 2.88. The normalized spacial score (nSPS) is 40.8. The molecule has 0 amide bonds. The third kappa shape index (κ3) is 2.12. The molecule has 0 saturated heterocycles. The molecular formula is C11H20O2. The maximum Gasteiger partial charge on any atom is 0.0877 e. The van der Waals surface area contributed by atoms with Crippen molar-refractivity contribution in [2.24, 2.45) is 5.41 Å². The van der Waals surface area contributed by atoms with Crippen LogP contribution in [0.15, 0.2) is 12.2 Å². The van der Waals surface area contributed by atoms with Crippen LogP contribution in [0.1, 0.15) is 40.5 Å². The first kappa shape index (κ1) is 10.7. The fourth-order valence-electron chi connectivity index (χ4n) is 1.55. The van der Waals surface area contributed by atoms with E-state index in [0.29, 0.717) is 12.8 Å². The predicted molar refractivity (Wildman–Crippen MR) is 53.4 cm³/mol. The summed E-state index contributed by atoms with van der Waals surface area (Å²) in [7, 11) is 0. The highest BCUT2D eigenvalue weighted by molar-refractivity contribution is 5.16. The minimum Gasteiger partial charge on any atom is -0.386 e. The van der Waals surface area contributed by atoms with Crippen LogP contribution in [0.3, 0.4) is 0 Å². The summed E-state index contributed by atoms with van der Waals surface area (Å²) < 4.78 is 0. The lowest BCUT2D eigenvalue weighted by Gasteiger charge is -2.42. The summed E-state index contributed by atoms with van der Waals surface area (Å²) in [5.74, 6) is 0. The summed E-state index contributed by atoms with van der Waals surface area (Å²) >= 11 is 0. The number of hydrogen-bond acceptors (Lipinski definition) is 2. The van der Waals surface area contributed by atoms with Crippen molar-refractivity contribution in [2.45, 2.75) is 51.7 Å². The minimum atomic E-state index is -0.769. The van der Waals surface area contributed by atoms with Crippen molar-refractivity contribution in [3.8, 4) is 0 Å². The molecule has 2 N–H and O–H groups in total. The van der Waals surface area contributed by atoms with Gasteiger partial charge in [-0.25, -0.2) is 0 Å². The Morgan fingerprint density at radius 2 is 1.62 bits per heavy atom. The van der Waals surface area contributed by atoms with Gasteiger partial charge in [0.2, 0.25) is 0 Å². The third-order valence-corrected chi connectivity index (χ3v) is 3.03. The molecule has 13 heavy (non-hydrogen) atoms. The number of rotatable bonds is 0. The lowest BCUT2D eigenvalue weighted by atomic mass is 9.69. The van der Waals surface area contributed by atoms with Crippen molar-refractivity contribution in [3.63, 3.8) is 0 Å². The zero-order valence-electron chi connectivity index (χ0n) is 8.96. The summed E-state index contributed by atoms with van der Waals surface area (Å²) in [4.78, 5) is 0. The van der Waals surface area contributed by atoms with Gasteiger partial charge in [-0.3, -0.25) is 0 Å². The zero-order chi connectivity index (χ0) is 10.3. The number of hydrogen-bond donors (Lipinski definition) is 2. The van der Waals surface area contributed by atoms with Crippen LogP contribution in [-0.4, -0.2) is 21.4 Å². The van der Waals surface area contributed by atoms with Gasteiger partial charge >= 0.3 is 0 Å². The Hall–Kier alpha value is -0.340. The van der Waals surface area contributed by atoms with E-state index in [9.17, 15) is 10.2 Å². The molecule has 0 aliphatic heterocycles. The van der Waals surface area contributed by atoms with Crippen LogP contribution < -0.4 is 0 Å². The van der Waals surface area contributed by atoms with E-state index in [2.05, 4.69) is 0 Å². The molecule has 2 heteroatoms. The van der Waals surface area contributed by atoms with Crippen LogP contribution in [0, 0.1) is 5.41 Å². The van der Waals surface area contributed by atoms with E-state index in [1.54, 1.807) is 19.1 Å². The number of aliphatic hydroxyl groups is 2. The summed E-state index contributed by atoms with van der Waals surface area (Å²) in [5, 5.41) is 19.9. The second kappa shape index (κ2) is 2.82. The molecule has 1 aliphatic rings. The van der Waals surface area contributed by atoms with E-state index in [0.717, 1.165) is 0 Å². The van der Waals surface area contributed by atoms with Crippen LogP contribution in [0.5, 0.6) is 0 Å². The van der Waals surface area contributed by atoms with Crippen molar-refractivity contribution in [2.75, 3.05) is 0 Å². The minimum absolute atomic E-state index is 0.167.